The molecule has 0 spiro atoms. The van der Waals surface area contributed by atoms with Crippen LogP contribution in [0.5, 0.6) is 0 Å². The van der Waals surface area contributed by atoms with Crippen LogP contribution in [0.2, 0.25) is 0 Å². The lowest BCUT2D eigenvalue weighted by Crippen LogP contribution is -2.45. The Balaban J connectivity index is 2.69. The minimum absolute atomic E-state index is 0.0847. The normalized spacial score (nSPS) is 28.8. The summed E-state index contributed by atoms with van der Waals surface area (Å²) in [6.45, 7) is 6.14. The van der Waals surface area contributed by atoms with Gasteiger partial charge in [0, 0.05) is 0 Å². The molecular formula is C13H24O3. The molecule has 0 aromatic carbocycles. The summed E-state index contributed by atoms with van der Waals surface area (Å²) in [5.41, 5.74) is -1.25. The molecule has 0 aromatic heterocycles. The lowest BCUT2D eigenvalue weighted by Gasteiger charge is -2.30. The van der Waals surface area contributed by atoms with Gasteiger partial charge in [-0.15, -0.1) is 0 Å². The highest BCUT2D eigenvalue weighted by atomic mass is 16.5. The number of hydrogen-bond donors (Lipinski definition) is 1. The molecule has 3 atom stereocenters. The van der Waals surface area contributed by atoms with Gasteiger partial charge in [0.2, 0.25) is 0 Å². The van der Waals surface area contributed by atoms with Gasteiger partial charge in [0.25, 0.3) is 0 Å². The minimum atomic E-state index is -1.25. The molecule has 1 aliphatic carbocycles. The summed E-state index contributed by atoms with van der Waals surface area (Å²) in [7, 11) is 0. The fourth-order valence-electron chi connectivity index (χ4n) is 2.74. The molecular weight excluding hydrogens is 204 g/mol. The van der Waals surface area contributed by atoms with E-state index in [-0.39, 0.29) is 5.92 Å². The van der Waals surface area contributed by atoms with E-state index in [2.05, 4.69) is 6.92 Å². The monoisotopic (exact) mass is 228 g/mol. The van der Waals surface area contributed by atoms with Crippen LogP contribution in [0.1, 0.15) is 52.9 Å². The molecule has 1 saturated carbocycles. The van der Waals surface area contributed by atoms with Crippen LogP contribution in [-0.2, 0) is 9.53 Å². The van der Waals surface area contributed by atoms with Crippen LogP contribution >= 0.6 is 0 Å². The third-order valence-corrected chi connectivity index (χ3v) is 3.96. The maximum atomic E-state index is 11.8. The molecule has 3 nitrogen and oxygen atoms in total. The quantitative estimate of drug-likeness (QED) is 0.735. The fourth-order valence-corrected chi connectivity index (χ4v) is 2.74. The maximum absolute atomic E-state index is 11.8. The summed E-state index contributed by atoms with van der Waals surface area (Å²) < 4.78 is 4.99. The molecule has 0 bridgehead atoms. The maximum Gasteiger partial charge on any atom is 0.338 e. The van der Waals surface area contributed by atoms with Crippen molar-refractivity contribution in [2.75, 3.05) is 6.61 Å². The first kappa shape index (κ1) is 13.5. The summed E-state index contributed by atoms with van der Waals surface area (Å²) in [4.78, 5) is 11.8. The van der Waals surface area contributed by atoms with Crippen LogP contribution in [0.3, 0.4) is 0 Å². The Morgan fingerprint density at radius 2 is 2.06 bits per heavy atom. The van der Waals surface area contributed by atoms with E-state index in [9.17, 15) is 9.90 Å². The Morgan fingerprint density at radius 3 is 2.50 bits per heavy atom. The van der Waals surface area contributed by atoms with E-state index in [0.717, 1.165) is 25.7 Å². The van der Waals surface area contributed by atoms with Gasteiger partial charge < -0.3 is 9.84 Å². The van der Waals surface area contributed by atoms with Crippen LogP contribution in [0, 0.1) is 11.8 Å². The fraction of sp³-hybridized carbons (Fsp3) is 0.923. The predicted molar refractivity (Wildman–Crippen MR) is 63.0 cm³/mol. The van der Waals surface area contributed by atoms with Crippen molar-refractivity contribution in [2.24, 2.45) is 11.8 Å². The molecule has 0 heterocycles. The van der Waals surface area contributed by atoms with Crippen LogP contribution < -0.4 is 0 Å². The van der Waals surface area contributed by atoms with E-state index in [4.69, 9.17) is 4.74 Å². The summed E-state index contributed by atoms with van der Waals surface area (Å²) >= 11 is 0. The molecule has 1 rings (SSSR count). The second-order valence-corrected chi connectivity index (χ2v) is 4.78. The zero-order valence-electron chi connectivity index (χ0n) is 10.7. The molecule has 0 aromatic rings. The average molecular weight is 228 g/mol. The van der Waals surface area contributed by atoms with Crippen molar-refractivity contribution in [1.29, 1.82) is 0 Å². The number of aliphatic hydroxyl groups is 1. The third kappa shape index (κ3) is 2.57. The van der Waals surface area contributed by atoms with Gasteiger partial charge in [-0.3, -0.25) is 0 Å². The SMILES string of the molecule is CCOC(=O)C(O)(CC)C1CCC(CC)C1. The number of rotatable bonds is 5. The van der Waals surface area contributed by atoms with Gasteiger partial charge in [-0.05, 0) is 38.0 Å². The van der Waals surface area contributed by atoms with Gasteiger partial charge in [-0.2, -0.15) is 0 Å². The van der Waals surface area contributed by atoms with Gasteiger partial charge in [0.05, 0.1) is 6.61 Å². The van der Waals surface area contributed by atoms with Crippen LogP contribution in [0.15, 0.2) is 0 Å². The summed E-state index contributed by atoms with van der Waals surface area (Å²) in [6.07, 6.45) is 4.62. The summed E-state index contributed by atoms with van der Waals surface area (Å²) in [6, 6.07) is 0. The molecule has 0 amide bonds. The Labute approximate surface area is 98.2 Å². The number of esters is 1. The van der Waals surface area contributed by atoms with Crippen LogP contribution in [0.25, 0.3) is 0 Å². The highest BCUT2D eigenvalue weighted by Crippen LogP contribution is 2.41. The zero-order valence-corrected chi connectivity index (χ0v) is 10.7. The largest absolute Gasteiger partial charge is 0.464 e. The lowest BCUT2D eigenvalue weighted by molar-refractivity contribution is -0.172. The van der Waals surface area contributed by atoms with Crippen LogP contribution in [0.4, 0.5) is 0 Å². The Kier molecular flexibility index (Phi) is 4.78. The highest BCUT2D eigenvalue weighted by Gasteiger charge is 2.46. The zero-order chi connectivity index (χ0) is 12.2. The molecule has 1 N–H and O–H groups in total. The van der Waals surface area contributed by atoms with E-state index in [0.29, 0.717) is 18.9 Å². The van der Waals surface area contributed by atoms with Crippen LogP contribution in [-0.4, -0.2) is 23.3 Å². The van der Waals surface area contributed by atoms with Crippen molar-refractivity contribution < 1.29 is 14.6 Å². The Hall–Kier alpha value is -0.570. The first-order valence-corrected chi connectivity index (χ1v) is 6.48. The molecule has 0 saturated heterocycles. The number of carbonyl (C=O) groups is 1. The first-order chi connectivity index (χ1) is 7.58. The average Bonchev–Trinajstić information content (AvgIpc) is 2.77. The second-order valence-electron chi connectivity index (χ2n) is 4.78. The van der Waals surface area contributed by atoms with E-state index >= 15 is 0 Å². The Morgan fingerprint density at radius 1 is 1.38 bits per heavy atom. The number of ether oxygens (including phenoxy) is 1. The smallest absolute Gasteiger partial charge is 0.338 e. The molecule has 0 aliphatic heterocycles. The number of hydrogen-bond acceptors (Lipinski definition) is 3. The third-order valence-electron chi connectivity index (χ3n) is 3.96. The lowest BCUT2D eigenvalue weighted by atomic mass is 9.83. The van der Waals surface area contributed by atoms with Gasteiger partial charge in [0.1, 0.15) is 0 Å². The van der Waals surface area contributed by atoms with E-state index in [1.165, 1.54) is 0 Å². The van der Waals surface area contributed by atoms with Crippen molar-refractivity contribution in [3.05, 3.63) is 0 Å². The van der Waals surface area contributed by atoms with E-state index in [1.807, 2.05) is 6.92 Å². The van der Waals surface area contributed by atoms with Gasteiger partial charge >= 0.3 is 5.97 Å². The van der Waals surface area contributed by atoms with Gasteiger partial charge in [-0.1, -0.05) is 26.7 Å². The van der Waals surface area contributed by atoms with Crippen molar-refractivity contribution >= 4 is 5.97 Å². The van der Waals surface area contributed by atoms with Crippen molar-refractivity contribution in [1.82, 2.24) is 0 Å². The molecule has 3 unspecified atom stereocenters. The Bertz CT molecular complexity index is 239. The molecule has 16 heavy (non-hydrogen) atoms. The molecule has 1 fully saturated rings. The first-order valence-electron chi connectivity index (χ1n) is 6.48. The second kappa shape index (κ2) is 5.67. The van der Waals surface area contributed by atoms with Gasteiger partial charge in [-0.25, -0.2) is 4.79 Å². The minimum Gasteiger partial charge on any atom is -0.464 e. The van der Waals surface area contributed by atoms with Crippen molar-refractivity contribution in [2.45, 2.75) is 58.5 Å². The summed E-state index contributed by atoms with van der Waals surface area (Å²) in [5.74, 6) is 0.318. The van der Waals surface area contributed by atoms with Crippen molar-refractivity contribution in [3.8, 4) is 0 Å². The predicted octanol–water partition coefficient (Wildman–Crippen LogP) is 2.52. The van der Waals surface area contributed by atoms with Crippen molar-refractivity contribution in [3.63, 3.8) is 0 Å². The molecule has 94 valence electrons. The van der Waals surface area contributed by atoms with E-state index in [1.54, 1.807) is 6.92 Å². The highest BCUT2D eigenvalue weighted by molar-refractivity contribution is 5.79. The number of carbonyl (C=O) groups excluding carboxylic acids is 1. The summed E-state index contributed by atoms with van der Waals surface area (Å²) in [5, 5.41) is 10.5. The van der Waals surface area contributed by atoms with E-state index < -0.39 is 11.6 Å². The molecule has 3 heteroatoms. The molecule has 1 aliphatic rings. The van der Waals surface area contributed by atoms with Gasteiger partial charge in [0.15, 0.2) is 5.60 Å². The standard InChI is InChI=1S/C13H24O3/c1-4-10-7-8-11(9-10)13(15,5-2)12(14)16-6-3/h10-11,15H,4-9H2,1-3H3. The topological polar surface area (TPSA) is 46.5 Å². The molecule has 0 radical (unpaired) electrons.